The fraction of sp³-hybridized carbons (Fsp3) is 0. The van der Waals surface area contributed by atoms with Crippen molar-refractivity contribution < 1.29 is 9.90 Å². The van der Waals surface area contributed by atoms with Crippen molar-refractivity contribution in [2.75, 3.05) is 0 Å². The van der Waals surface area contributed by atoms with E-state index in [2.05, 4.69) is 15.9 Å². The van der Waals surface area contributed by atoms with Gasteiger partial charge in [0.15, 0.2) is 0 Å². The van der Waals surface area contributed by atoms with Crippen molar-refractivity contribution in [3.8, 4) is 0 Å². The fourth-order valence-electron chi connectivity index (χ4n) is 1.39. The number of halogens is 1. The van der Waals surface area contributed by atoms with Gasteiger partial charge in [0, 0.05) is 10.0 Å². The molecule has 0 radical (unpaired) electrons. The molecule has 0 bridgehead atoms. The Morgan fingerprint density at radius 3 is 2.57 bits per heavy atom. The van der Waals surface area contributed by atoms with Crippen LogP contribution in [0.3, 0.4) is 0 Å². The first-order valence-corrected chi connectivity index (χ1v) is 4.88. The van der Waals surface area contributed by atoms with Crippen LogP contribution in [-0.2, 0) is 0 Å². The van der Waals surface area contributed by atoms with Crippen molar-refractivity contribution in [1.82, 2.24) is 0 Å². The molecule has 0 N–H and O–H groups in total. The minimum atomic E-state index is -1.16. The summed E-state index contributed by atoms with van der Waals surface area (Å²) in [4.78, 5) is 10.7. The fourth-order valence-corrected chi connectivity index (χ4v) is 2.05. The van der Waals surface area contributed by atoms with Crippen molar-refractivity contribution in [2.45, 2.75) is 0 Å². The van der Waals surface area contributed by atoms with Gasteiger partial charge in [-0.25, -0.2) is 0 Å². The molecule has 0 saturated heterocycles. The first-order chi connectivity index (χ1) is 6.70. The maximum Gasteiger partial charge on any atom is 0.0726 e. The molecule has 2 nitrogen and oxygen atoms in total. The van der Waals surface area contributed by atoms with Crippen LogP contribution in [0.15, 0.2) is 40.9 Å². The third-order valence-corrected chi connectivity index (χ3v) is 2.94. The Morgan fingerprint density at radius 1 is 1.14 bits per heavy atom. The van der Waals surface area contributed by atoms with E-state index < -0.39 is 5.97 Å². The number of carboxylic acid groups (broad SMARTS) is 1. The van der Waals surface area contributed by atoms with Crippen LogP contribution < -0.4 is 5.11 Å². The lowest BCUT2D eigenvalue weighted by atomic mass is 10.1. The van der Waals surface area contributed by atoms with E-state index in [-0.39, 0.29) is 5.56 Å². The zero-order valence-corrected chi connectivity index (χ0v) is 8.74. The minimum Gasteiger partial charge on any atom is -0.545 e. The second-order valence-corrected chi connectivity index (χ2v) is 3.73. The number of hydrogen-bond acceptors (Lipinski definition) is 2. The zero-order chi connectivity index (χ0) is 10.1. The van der Waals surface area contributed by atoms with E-state index in [1.807, 2.05) is 24.3 Å². The molecule has 0 aromatic heterocycles. The molecular formula is C11H6BrO2-. The minimum absolute atomic E-state index is 0.184. The first kappa shape index (κ1) is 9.21. The highest BCUT2D eigenvalue weighted by atomic mass is 79.9. The summed E-state index contributed by atoms with van der Waals surface area (Å²) in [6, 6.07) is 10.9. The summed E-state index contributed by atoms with van der Waals surface area (Å²) in [6.45, 7) is 0. The Hall–Kier alpha value is -1.35. The third kappa shape index (κ3) is 1.40. The Bertz CT molecular complexity index is 506. The normalized spacial score (nSPS) is 10.4. The Labute approximate surface area is 89.3 Å². The zero-order valence-electron chi connectivity index (χ0n) is 7.16. The molecule has 2 rings (SSSR count). The Balaban J connectivity index is 2.81. The van der Waals surface area contributed by atoms with Gasteiger partial charge in [0.25, 0.3) is 0 Å². The molecule has 0 aliphatic heterocycles. The van der Waals surface area contributed by atoms with Crippen molar-refractivity contribution in [2.24, 2.45) is 0 Å². The number of carboxylic acids is 1. The molecule has 0 amide bonds. The van der Waals surface area contributed by atoms with Crippen LogP contribution in [0.1, 0.15) is 10.4 Å². The number of rotatable bonds is 1. The monoisotopic (exact) mass is 249 g/mol. The van der Waals surface area contributed by atoms with Gasteiger partial charge in [0.2, 0.25) is 0 Å². The van der Waals surface area contributed by atoms with Crippen LogP contribution in [0.5, 0.6) is 0 Å². The topological polar surface area (TPSA) is 40.1 Å². The van der Waals surface area contributed by atoms with Gasteiger partial charge in [-0.3, -0.25) is 0 Å². The number of carbonyl (C=O) groups excluding carboxylic acids is 1. The smallest absolute Gasteiger partial charge is 0.0726 e. The highest BCUT2D eigenvalue weighted by Crippen LogP contribution is 2.27. The molecule has 2 aromatic rings. The van der Waals surface area contributed by atoms with E-state index in [1.54, 1.807) is 12.1 Å². The van der Waals surface area contributed by atoms with E-state index >= 15 is 0 Å². The second kappa shape index (κ2) is 3.42. The van der Waals surface area contributed by atoms with E-state index in [9.17, 15) is 9.90 Å². The van der Waals surface area contributed by atoms with Gasteiger partial charge in [-0.15, -0.1) is 0 Å². The van der Waals surface area contributed by atoms with E-state index in [0.29, 0.717) is 4.47 Å². The predicted molar refractivity (Wildman–Crippen MR) is 56.0 cm³/mol. The second-order valence-electron chi connectivity index (χ2n) is 2.94. The summed E-state index contributed by atoms with van der Waals surface area (Å²) in [5.41, 5.74) is 0.184. The van der Waals surface area contributed by atoms with Gasteiger partial charge in [-0.2, -0.15) is 0 Å². The maximum atomic E-state index is 10.7. The van der Waals surface area contributed by atoms with Gasteiger partial charge in [-0.05, 0) is 26.7 Å². The molecule has 14 heavy (non-hydrogen) atoms. The third-order valence-electron chi connectivity index (χ3n) is 2.08. The van der Waals surface area contributed by atoms with Crippen LogP contribution in [0, 0.1) is 0 Å². The molecule has 0 aliphatic rings. The lowest BCUT2D eigenvalue weighted by molar-refractivity contribution is -0.255. The van der Waals surface area contributed by atoms with Crippen LogP contribution in [0.4, 0.5) is 0 Å². The van der Waals surface area contributed by atoms with E-state index in [4.69, 9.17) is 0 Å². The standard InChI is InChI=1S/C11H7BrO2/c12-10-8-4-2-1-3-7(8)5-6-9(10)11(13)14/h1-6H,(H,13,14)/p-1. The molecule has 3 heteroatoms. The summed E-state index contributed by atoms with van der Waals surface area (Å²) in [6.07, 6.45) is 0. The molecule has 0 fully saturated rings. The lowest BCUT2D eigenvalue weighted by Crippen LogP contribution is -2.22. The van der Waals surface area contributed by atoms with E-state index in [0.717, 1.165) is 10.8 Å². The van der Waals surface area contributed by atoms with Crippen molar-refractivity contribution in [1.29, 1.82) is 0 Å². The molecule has 0 spiro atoms. The first-order valence-electron chi connectivity index (χ1n) is 4.09. The molecule has 0 aliphatic carbocycles. The summed E-state index contributed by atoms with van der Waals surface area (Å²) in [5, 5.41) is 12.6. The molecule has 0 unspecified atom stereocenters. The Kier molecular flexibility index (Phi) is 2.25. The maximum absolute atomic E-state index is 10.7. The SMILES string of the molecule is O=C([O-])c1ccc2ccccc2c1Br. The highest BCUT2D eigenvalue weighted by molar-refractivity contribution is 9.10. The molecule has 0 saturated carbocycles. The van der Waals surface area contributed by atoms with Crippen molar-refractivity contribution in [3.05, 3.63) is 46.4 Å². The van der Waals surface area contributed by atoms with Gasteiger partial charge in [0.1, 0.15) is 0 Å². The average molecular weight is 250 g/mol. The van der Waals surface area contributed by atoms with Crippen LogP contribution in [0.25, 0.3) is 10.8 Å². The van der Waals surface area contributed by atoms with Gasteiger partial charge in [0.05, 0.1) is 5.97 Å². The van der Waals surface area contributed by atoms with Gasteiger partial charge >= 0.3 is 0 Å². The molecule has 2 aromatic carbocycles. The molecule has 0 heterocycles. The number of aromatic carboxylic acids is 1. The van der Waals surface area contributed by atoms with E-state index in [1.165, 1.54) is 0 Å². The van der Waals surface area contributed by atoms with Crippen LogP contribution in [-0.4, -0.2) is 5.97 Å². The van der Waals surface area contributed by atoms with Gasteiger partial charge in [-0.1, -0.05) is 36.4 Å². The summed E-state index contributed by atoms with van der Waals surface area (Å²) >= 11 is 3.26. The number of hydrogen-bond donors (Lipinski definition) is 0. The van der Waals surface area contributed by atoms with Gasteiger partial charge < -0.3 is 9.90 Å². The summed E-state index contributed by atoms with van der Waals surface area (Å²) in [7, 11) is 0. The number of benzene rings is 2. The lowest BCUT2D eigenvalue weighted by Gasteiger charge is -2.08. The number of fused-ring (bicyclic) bond motifs is 1. The van der Waals surface area contributed by atoms with Crippen LogP contribution in [0.2, 0.25) is 0 Å². The van der Waals surface area contributed by atoms with Crippen LogP contribution >= 0.6 is 15.9 Å². The molecular weight excluding hydrogens is 244 g/mol. The predicted octanol–water partition coefficient (Wildman–Crippen LogP) is 1.97. The summed E-state index contributed by atoms with van der Waals surface area (Å²) < 4.78 is 0.579. The molecule has 0 atom stereocenters. The highest BCUT2D eigenvalue weighted by Gasteiger charge is 2.04. The summed E-state index contributed by atoms with van der Waals surface area (Å²) in [5.74, 6) is -1.16. The largest absolute Gasteiger partial charge is 0.545 e. The number of carbonyl (C=O) groups is 1. The molecule has 70 valence electrons. The van der Waals surface area contributed by atoms with Crippen molar-refractivity contribution in [3.63, 3.8) is 0 Å². The Morgan fingerprint density at radius 2 is 1.86 bits per heavy atom. The quantitative estimate of drug-likeness (QED) is 0.776. The van der Waals surface area contributed by atoms with Crippen molar-refractivity contribution >= 4 is 32.7 Å². The average Bonchev–Trinajstić information content (AvgIpc) is 2.18.